The number of carbonyl (C=O) groups excluding carboxylic acids is 1. The molecule has 0 saturated heterocycles. The molecule has 0 fully saturated rings. The summed E-state index contributed by atoms with van der Waals surface area (Å²) in [5, 5.41) is 5.94. The molecule has 0 aromatic heterocycles. The standard InChI is InChI=1S/C18H22N2O3/c1-4-22-18(21)20-16-7-5-14(6-8-16)19-15-9-11-17(12-10-15)23-13(2)3/h5-13,19H,4H2,1-3H3,(H,20,21). The van der Waals surface area contributed by atoms with E-state index in [9.17, 15) is 4.79 Å². The fourth-order valence-electron chi connectivity index (χ4n) is 1.98. The Balaban J connectivity index is 1.94. The van der Waals surface area contributed by atoms with Crippen molar-refractivity contribution in [2.24, 2.45) is 0 Å². The summed E-state index contributed by atoms with van der Waals surface area (Å²) in [6, 6.07) is 15.2. The van der Waals surface area contributed by atoms with Crippen LogP contribution >= 0.6 is 0 Å². The highest BCUT2D eigenvalue weighted by Crippen LogP contribution is 2.22. The van der Waals surface area contributed by atoms with Gasteiger partial charge < -0.3 is 14.8 Å². The van der Waals surface area contributed by atoms with E-state index in [2.05, 4.69) is 10.6 Å². The molecule has 5 heteroatoms. The number of ether oxygens (including phenoxy) is 2. The molecule has 0 unspecified atom stereocenters. The Morgan fingerprint density at radius 1 is 0.957 bits per heavy atom. The van der Waals surface area contributed by atoms with Crippen molar-refractivity contribution in [1.82, 2.24) is 0 Å². The van der Waals surface area contributed by atoms with Gasteiger partial charge >= 0.3 is 6.09 Å². The van der Waals surface area contributed by atoms with E-state index in [4.69, 9.17) is 9.47 Å². The molecule has 0 aliphatic carbocycles. The maximum absolute atomic E-state index is 11.3. The van der Waals surface area contributed by atoms with Gasteiger partial charge in [0.1, 0.15) is 5.75 Å². The Hall–Kier alpha value is -2.69. The summed E-state index contributed by atoms with van der Waals surface area (Å²) < 4.78 is 10.4. The van der Waals surface area contributed by atoms with Crippen molar-refractivity contribution in [2.75, 3.05) is 17.2 Å². The average Bonchev–Trinajstić information content (AvgIpc) is 2.51. The molecule has 2 rings (SSSR count). The molecule has 2 aromatic carbocycles. The molecule has 5 nitrogen and oxygen atoms in total. The molecular weight excluding hydrogens is 292 g/mol. The molecule has 23 heavy (non-hydrogen) atoms. The molecule has 2 N–H and O–H groups in total. The second kappa shape index (κ2) is 8.08. The Morgan fingerprint density at radius 3 is 2.00 bits per heavy atom. The zero-order valence-electron chi connectivity index (χ0n) is 13.6. The Labute approximate surface area is 136 Å². The summed E-state index contributed by atoms with van der Waals surface area (Å²) in [4.78, 5) is 11.3. The minimum absolute atomic E-state index is 0.160. The van der Waals surface area contributed by atoms with Gasteiger partial charge in [0.05, 0.1) is 12.7 Å². The monoisotopic (exact) mass is 314 g/mol. The van der Waals surface area contributed by atoms with E-state index in [-0.39, 0.29) is 6.10 Å². The summed E-state index contributed by atoms with van der Waals surface area (Å²) in [5.74, 6) is 0.847. The highest BCUT2D eigenvalue weighted by molar-refractivity contribution is 5.84. The number of anilines is 3. The molecule has 0 bridgehead atoms. The summed E-state index contributed by atoms with van der Waals surface area (Å²) in [6.45, 7) is 6.11. The largest absolute Gasteiger partial charge is 0.491 e. The first kappa shape index (κ1) is 16.7. The minimum atomic E-state index is -0.450. The van der Waals surface area contributed by atoms with Gasteiger partial charge in [-0.1, -0.05) is 0 Å². The van der Waals surface area contributed by atoms with Gasteiger partial charge in [-0.15, -0.1) is 0 Å². The van der Waals surface area contributed by atoms with Crippen molar-refractivity contribution in [1.29, 1.82) is 0 Å². The quantitative estimate of drug-likeness (QED) is 0.805. The van der Waals surface area contributed by atoms with E-state index >= 15 is 0 Å². The highest BCUT2D eigenvalue weighted by atomic mass is 16.5. The van der Waals surface area contributed by atoms with Crippen LogP contribution in [0.5, 0.6) is 5.75 Å². The SMILES string of the molecule is CCOC(=O)Nc1ccc(Nc2ccc(OC(C)C)cc2)cc1. The molecule has 0 aliphatic rings. The number of hydrogen-bond acceptors (Lipinski definition) is 4. The van der Waals surface area contributed by atoms with Crippen LogP contribution in [0, 0.1) is 0 Å². The van der Waals surface area contributed by atoms with Gasteiger partial charge in [-0.2, -0.15) is 0 Å². The van der Waals surface area contributed by atoms with Crippen molar-refractivity contribution >= 4 is 23.2 Å². The molecule has 0 atom stereocenters. The molecule has 2 aromatic rings. The van der Waals surface area contributed by atoms with Crippen molar-refractivity contribution in [3.63, 3.8) is 0 Å². The van der Waals surface area contributed by atoms with E-state index in [0.717, 1.165) is 17.1 Å². The molecule has 1 amide bonds. The van der Waals surface area contributed by atoms with Crippen LogP contribution in [-0.4, -0.2) is 18.8 Å². The van der Waals surface area contributed by atoms with Crippen LogP contribution in [0.25, 0.3) is 0 Å². The van der Waals surface area contributed by atoms with Gasteiger partial charge in [0, 0.05) is 17.1 Å². The first-order chi connectivity index (χ1) is 11.1. The number of nitrogens with one attached hydrogen (secondary N) is 2. The van der Waals surface area contributed by atoms with E-state index < -0.39 is 6.09 Å². The van der Waals surface area contributed by atoms with Crippen LogP contribution in [0.3, 0.4) is 0 Å². The van der Waals surface area contributed by atoms with E-state index in [0.29, 0.717) is 12.3 Å². The number of rotatable bonds is 6. The Bertz CT molecular complexity index is 622. The third-order valence-electron chi connectivity index (χ3n) is 2.92. The third-order valence-corrected chi connectivity index (χ3v) is 2.92. The first-order valence-electron chi connectivity index (χ1n) is 7.64. The van der Waals surface area contributed by atoms with Crippen LogP contribution in [0.1, 0.15) is 20.8 Å². The van der Waals surface area contributed by atoms with Gasteiger partial charge in [-0.25, -0.2) is 4.79 Å². The Kier molecular flexibility index (Phi) is 5.86. The zero-order chi connectivity index (χ0) is 16.7. The molecule has 122 valence electrons. The van der Waals surface area contributed by atoms with Gasteiger partial charge in [-0.3, -0.25) is 5.32 Å². The lowest BCUT2D eigenvalue weighted by Gasteiger charge is -2.11. The summed E-state index contributed by atoms with van der Waals surface area (Å²) >= 11 is 0. The second-order valence-electron chi connectivity index (χ2n) is 5.24. The van der Waals surface area contributed by atoms with Crippen molar-refractivity contribution in [3.05, 3.63) is 48.5 Å². The van der Waals surface area contributed by atoms with Gasteiger partial charge in [0.15, 0.2) is 0 Å². The first-order valence-corrected chi connectivity index (χ1v) is 7.64. The lowest BCUT2D eigenvalue weighted by Crippen LogP contribution is -2.13. The van der Waals surface area contributed by atoms with Crippen LogP contribution in [0.15, 0.2) is 48.5 Å². The normalized spacial score (nSPS) is 10.3. The minimum Gasteiger partial charge on any atom is -0.491 e. The van der Waals surface area contributed by atoms with Crippen LogP contribution < -0.4 is 15.4 Å². The van der Waals surface area contributed by atoms with Crippen LogP contribution in [-0.2, 0) is 4.74 Å². The van der Waals surface area contributed by atoms with Gasteiger partial charge in [0.25, 0.3) is 0 Å². The van der Waals surface area contributed by atoms with Crippen LogP contribution in [0.4, 0.5) is 21.9 Å². The fourth-order valence-corrected chi connectivity index (χ4v) is 1.98. The van der Waals surface area contributed by atoms with Gasteiger partial charge in [0.2, 0.25) is 0 Å². The van der Waals surface area contributed by atoms with Gasteiger partial charge in [-0.05, 0) is 69.3 Å². The number of amides is 1. The predicted octanol–water partition coefficient (Wildman–Crippen LogP) is 4.79. The van der Waals surface area contributed by atoms with Crippen molar-refractivity contribution in [3.8, 4) is 5.75 Å². The van der Waals surface area contributed by atoms with Crippen molar-refractivity contribution in [2.45, 2.75) is 26.9 Å². The summed E-state index contributed by atoms with van der Waals surface area (Å²) in [7, 11) is 0. The van der Waals surface area contributed by atoms with E-state index in [1.165, 1.54) is 0 Å². The molecule has 0 saturated carbocycles. The molecular formula is C18H22N2O3. The fraction of sp³-hybridized carbons (Fsp3) is 0.278. The lowest BCUT2D eigenvalue weighted by molar-refractivity contribution is 0.168. The molecule has 0 aliphatic heterocycles. The topological polar surface area (TPSA) is 59.6 Å². The van der Waals surface area contributed by atoms with E-state index in [1.54, 1.807) is 6.92 Å². The van der Waals surface area contributed by atoms with Crippen molar-refractivity contribution < 1.29 is 14.3 Å². The maximum atomic E-state index is 11.3. The third kappa shape index (κ3) is 5.54. The maximum Gasteiger partial charge on any atom is 0.411 e. The highest BCUT2D eigenvalue weighted by Gasteiger charge is 2.02. The Morgan fingerprint density at radius 2 is 1.48 bits per heavy atom. The van der Waals surface area contributed by atoms with Crippen LogP contribution in [0.2, 0.25) is 0 Å². The van der Waals surface area contributed by atoms with E-state index in [1.807, 2.05) is 62.4 Å². The number of benzene rings is 2. The number of carbonyl (C=O) groups is 1. The lowest BCUT2D eigenvalue weighted by atomic mass is 10.2. The molecule has 0 spiro atoms. The molecule has 0 heterocycles. The number of hydrogen-bond donors (Lipinski definition) is 2. The average molecular weight is 314 g/mol. The summed E-state index contributed by atoms with van der Waals surface area (Å²) in [5.41, 5.74) is 2.58. The predicted molar refractivity (Wildman–Crippen MR) is 92.6 cm³/mol. The zero-order valence-corrected chi connectivity index (χ0v) is 13.6. The second-order valence-corrected chi connectivity index (χ2v) is 5.24. The summed E-state index contributed by atoms with van der Waals surface area (Å²) in [6.07, 6.45) is -0.290. The smallest absolute Gasteiger partial charge is 0.411 e. The molecule has 0 radical (unpaired) electrons.